The second-order valence-corrected chi connectivity index (χ2v) is 6.11. The van der Waals surface area contributed by atoms with Crippen LogP contribution < -0.4 is 4.74 Å². The first-order chi connectivity index (χ1) is 8.56. The molecule has 0 N–H and O–H groups in total. The van der Waals surface area contributed by atoms with Crippen LogP contribution in [0, 0.1) is 5.92 Å². The number of ether oxygens (including phenoxy) is 1. The van der Waals surface area contributed by atoms with Crippen molar-refractivity contribution >= 4 is 21.7 Å². The highest BCUT2D eigenvalue weighted by molar-refractivity contribution is 9.10. The summed E-state index contributed by atoms with van der Waals surface area (Å²) >= 11 is 3.39. The second-order valence-electron chi connectivity index (χ2n) is 5.20. The van der Waals surface area contributed by atoms with Crippen molar-refractivity contribution in [2.45, 2.75) is 45.6 Å². The Morgan fingerprint density at radius 3 is 2.56 bits per heavy atom. The Labute approximate surface area is 117 Å². The zero-order valence-electron chi connectivity index (χ0n) is 10.9. The van der Waals surface area contributed by atoms with Crippen LogP contribution in [0.1, 0.15) is 49.9 Å². The molecule has 0 bridgehead atoms. The minimum absolute atomic E-state index is 0.0514. The summed E-state index contributed by atoms with van der Waals surface area (Å²) < 4.78 is 6.92. The molecule has 0 amide bonds. The maximum Gasteiger partial charge on any atom is 0.163 e. The van der Waals surface area contributed by atoms with Crippen LogP contribution >= 0.6 is 15.9 Å². The number of rotatable bonds is 3. The van der Waals surface area contributed by atoms with Gasteiger partial charge >= 0.3 is 0 Å². The number of Topliss-reactive ketones (excluding diaryl/α,β-unsaturated/α-hetero) is 1. The molecule has 0 spiro atoms. The first-order valence-electron chi connectivity index (χ1n) is 6.53. The average molecular weight is 311 g/mol. The third-order valence-corrected chi connectivity index (χ3v) is 4.07. The molecule has 0 aromatic heterocycles. The van der Waals surface area contributed by atoms with Gasteiger partial charge in [-0.25, -0.2) is 0 Å². The predicted molar refractivity (Wildman–Crippen MR) is 76.2 cm³/mol. The lowest BCUT2D eigenvalue weighted by Crippen LogP contribution is -2.23. The Hall–Kier alpha value is -0.830. The van der Waals surface area contributed by atoms with Crippen LogP contribution in [0.3, 0.4) is 0 Å². The molecule has 2 nitrogen and oxygen atoms in total. The fourth-order valence-corrected chi connectivity index (χ4v) is 2.77. The zero-order valence-corrected chi connectivity index (χ0v) is 12.5. The minimum Gasteiger partial charge on any atom is -0.490 e. The Kier molecular flexibility index (Phi) is 4.44. The van der Waals surface area contributed by atoms with Crippen molar-refractivity contribution in [1.82, 2.24) is 0 Å². The lowest BCUT2D eigenvalue weighted by Gasteiger charge is -2.27. The van der Waals surface area contributed by atoms with Gasteiger partial charge in [-0.05, 0) is 56.7 Å². The van der Waals surface area contributed by atoms with Crippen LogP contribution in [0.4, 0.5) is 0 Å². The van der Waals surface area contributed by atoms with Gasteiger partial charge in [0.2, 0.25) is 0 Å². The van der Waals surface area contributed by atoms with Gasteiger partial charge in [0.15, 0.2) is 5.78 Å². The van der Waals surface area contributed by atoms with Crippen molar-refractivity contribution in [2.75, 3.05) is 0 Å². The maximum atomic E-state index is 11.6. The van der Waals surface area contributed by atoms with Crippen molar-refractivity contribution < 1.29 is 9.53 Å². The van der Waals surface area contributed by atoms with E-state index >= 15 is 0 Å². The van der Waals surface area contributed by atoms with Crippen molar-refractivity contribution in [2.24, 2.45) is 5.92 Å². The van der Waals surface area contributed by atoms with Gasteiger partial charge < -0.3 is 4.74 Å². The molecule has 1 aliphatic carbocycles. The van der Waals surface area contributed by atoms with E-state index in [9.17, 15) is 4.79 Å². The van der Waals surface area contributed by atoms with Crippen molar-refractivity contribution in [3.05, 3.63) is 28.2 Å². The van der Waals surface area contributed by atoms with E-state index in [0.29, 0.717) is 5.56 Å². The summed E-state index contributed by atoms with van der Waals surface area (Å²) in [5.41, 5.74) is 0.669. The molecule has 1 saturated carbocycles. The number of carbonyl (C=O) groups is 1. The third-order valence-electron chi connectivity index (χ3n) is 3.58. The lowest BCUT2D eigenvalue weighted by molar-refractivity contribution is 0.0996. The van der Waals surface area contributed by atoms with Crippen LogP contribution in [-0.2, 0) is 0 Å². The summed E-state index contributed by atoms with van der Waals surface area (Å²) in [5.74, 6) is 1.59. The molecule has 98 valence electrons. The van der Waals surface area contributed by atoms with Crippen LogP contribution in [0.15, 0.2) is 22.7 Å². The van der Waals surface area contributed by atoms with E-state index in [1.165, 1.54) is 12.8 Å². The van der Waals surface area contributed by atoms with Gasteiger partial charge in [0.1, 0.15) is 5.75 Å². The predicted octanol–water partition coefficient (Wildman–Crippen LogP) is 4.61. The molecule has 0 atom stereocenters. The van der Waals surface area contributed by atoms with E-state index in [4.69, 9.17) is 4.74 Å². The molecule has 0 unspecified atom stereocenters. The standard InChI is InChI=1S/C15H19BrO2/c1-10-3-6-13(7-4-10)18-15-8-5-12(16)9-14(15)11(2)17/h5,8-10,13H,3-4,6-7H2,1-2H3. The normalized spacial score (nSPS) is 23.7. The van der Waals surface area contributed by atoms with E-state index in [0.717, 1.165) is 29.0 Å². The SMILES string of the molecule is CC(=O)c1cc(Br)ccc1OC1CCC(C)CC1. The van der Waals surface area contributed by atoms with Gasteiger partial charge in [-0.15, -0.1) is 0 Å². The molecule has 0 saturated heterocycles. The minimum atomic E-state index is 0.0514. The highest BCUT2D eigenvalue weighted by atomic mass is 79.9. The largest absolute Gasteiger partial charge is 0.490 e. The van der Waals surface area contributed by atoms with E-state index in [1.54, 1.807) is 6.92 Å². The van der Waals surface area contributed by atoms with Crippen LogP contribution in [0.25, 0.3) is 0 Å². The van der Waals surface area contributed by atoms with Gasteiger partial charge in [-0.3, -0.25) is 4.79 Å². The average Bonchev–Trinajstić information content (AvgIpc) is 2.34. The highest BCUT2D eigenvalue weighted by Gasteiger charge is 2.21. The Morgan fingerprint density at radius 2 is 1.94 bits per heavy atom. The number of hydrogen-bond acceptors (Lipinski definition) is 2. The van der Waals surface area contributed by atoms with Crippen LogP contribution in [0.2, 0.25) is 0 Å². The monoisotopic (exact) mass is 310 g/mol. The first-order valence-corrected chi connectivity index (χ1v) is 7.32. The second kappa shape index (κ2) is 5.87. The fourth-order valence-electron chi connectivity index (χ4n) is 2.41. The lowest BCUT2D eigenvalue weighted by atomic mass is 9.89. The molecule has 1 aliphatic rings. The number of halogens is 1. The van der Waals surface area contributed by atoms with Gasteiger partial charge in [-0.2, -0.15) is 0 Å². The molecule has 3 heteroatoms. The van der Waals surface area contributed by atoms with Crippen molar-refractivity contribution in [1.29, 1.82) is 0 Å². The summed E-state index contributed by atoms with van der Waals surface area (Å²) in [4.78, 5) is 11.6. The van der Waals surface area contributed by atoms with E-state index in [1.807, 2.05) is 18.2 Å². The topological polar surface area (TPSA) is 26.3 Å². The smallest absolute Gasteiger partial charge is 0.163 e. The summed E-state index contributed by atoms with van der Waals surface area (Å²) in [5, 5.41) is 0. The quantitative estimate of drug-likeness (QED) is 0.762. The van der Waals surface area contributed by atoms with E-state index in [-0.39, 0.29) is 11.9 Å². The molecule has 1 aromatic carbocycles. The summed E-state index contributed by atoms with van der Waals surface area (Å²) in [7, 11) is 0. The Bertz CT molecular complexity index is 434. The number of hydrogen-bond donors (Lipinski definition) is 0. The molecule has 0 radical (unpaired) electrons. The first kappa shape index (κ1) is 13.6. The van der Waals surface area contributed by atoms with Crippen LogP contribution in [-0.4, -0.2) is 11.9 Å². The highest BCUT2D eigenvalue weighted by Crippen LogP contribution is 2.30. The molecule has 0 heterocycles. The van der Waals surface area contributed by atoms with E-state index in [2.05, 4.69) is 22.9 Å². The Morgan fingerprint density at radius 1 is 1.28 bits per heavy atom. The van der Waals surface area contributed by atoms with Gasteiger partial charge in [-0.1, -0.05) is 22.9 Å². The number of benzene rings is 1. The zero-order chi connectivity index (χ0) is 13.1. The molecule has 1 aromatic rings. The van der Waals surface area contributed by atoms with Gasteiger partial charge in [0.05, 0.1) is 11.7 Å². The third kappa shape index (κ3) is 3.35. The molecule has 2 rings (SSSR count). The summed E-state index contributed by atoms with van der Waals surface area (Å²) in [6.45, 7) is 3.87. The molecular formula is C15H19BrO2. The molecule has 1 fully saturated rings. The van der Waals surface area contributed by atoms with Crippen molar-refractivity contribution in [3.63, 3.8) is 0 Å². The fraction of sp³-hybridized carbons (Fsp3) is 0.533. The van der Waals surface area contributed by atoms with Gasteiger partial charge in [0, 0.05) is 4.47 Å². The van der Waals surface area contributed by atoms with E-state index < -0.39 is 0 Å². The molecule has 0 aliphatic heterocycles. The molecular weight excluding hydrogens is 292 g/mol. The van der Waals surface area contributed by atoms with Crippen molar-refractivity contribution in [3.8, 4) is 5.75 Å². The summed E-state index contributed by atoms with van der Waals surface area (Å²) in [6, 6.07) is 5.65. The number of carbonyl (C=O) groups excluding carboxylic acids is 1. The Balaban J connectivity index is 2.11. The molecule has 18 heavy (non-hydrogen) atoms. The number of ketones is 1. The van der Waals surface area contributed by atoms with Crippen LogP contribution in [0.5, 0.6) is 5.75 Å². The van der Waals surface area contributed by atoms with Gasteiger partial charge in [0.25, 0.3) is 0 Å². The maximum absolute atomic E-state index is 11.6. The summed E-state index contributed by atoms with van der Waals surface area (Å²) in [6.07, 6.45) is 4.89.